The summed E-state index contributed by atoms with van der Waals surface area (Å²) in [7, 11) is 0. The maximum absolute atomic E-state index is 12.5. The molecule has 1 atom stereocenters. The zero-order valence-corrected chi connectivity index (χ0v) is 17.7. The van der Waals surface area contributed by atoms with Crippen LogP contribution < -0.4 is 10.2 Å². The first-order valence-electron chi connectivity index (χ1n) is 8.87. The van der Waals surface area contributed by atoms with Crippen molar-refractivity contribution in [2.24, 2.45) is 0 Å². The maximum atomic E-state index is 12.5. The van der Waals surface area contributed by atoms with E-state index in [0.717, 1.165) is 11.3 Å². The Kier molecular flexibility index (Phi) is 5.54. The van der Waals surface area contributed by atoms with E-state index in [1.165, 1.54) is 17.4 Å². The molecule has 0 spiro atoms. The fourth-order valence-corrected chi connectivity index (χ4v) is 4.41. The molecule has 1 aliphatic heterocycles. The van der Waals surface area contributed by atoms with Crippen molar-refractivity contribution >= 4 is 57.2 Å². The van der Waals surface area contributed by atoms with E-state index in [2.05, 4.69) is 15.5 Å². The Morgan fingerprint density at radius 2 is 2.03 bits per heavy atom. The van der Waals surface area contributed by atoms with Gasteiger partial charge in [-0.1, -0.05) is 46.7 Å². The summed E-state index contributed by atoms with van der Waals surface area (Å²) in [6.07, 6.45) is 0.358. The molecule has 0 bridgehead atoms. The zero-order chi connectivity index (χ0) is 20.5. The predicted octanol–water partition coefficient (Wildman–Crippen LogP) is 4.93. The molecule has 0 saturated carbocycles. The van der Waals surface area contributed by atoms with Gasteiger partial charge in [-0.25, -0.2) is 0 Å². The van der Waals surface area contributed by atoms with Crippen LogP contribution in [-0.2, 0) is 4.79 Å². The number of halogens is 2. The SMILES string of the molecule is Cc1cccc(N2CC(c3nnc(NC(=O)c4cc(Cl)ccc4Cl)s3)CC2=O)c1. The van der Waals surface area contributed by atoms with E-state index in [1.54, 1.807) is 17.0 Å². The van der Waals surface area contributed by atoms with Crippen molar-refractivity contribution in [1.29, 1.82) is 0 Å². The highest BCUT2D eigenvalue weighted by Gasteiger charge is 2.34. The summed E-state index contributed by atoms with van der Waals surface area (Å²) in [4.78, 5) is 26.7. The molecule has 3 aromatic rings. The Morgan fingerprint density at radius 1 is 1.21 bits per heavy atom. The Labute approximate surface area is 181 Å². The van der Waals surface area contributed by atoms with Crippen molar-refractivity contribution in [2.45, 2.75) is 19.3 Å². The van der Waals surface area contributed by atoms with Crippen molar-refractivity contribution in [3.8, 4) is 0 Å². The van der Waals surface area contributed by atoms with E-state index < -0.39 is 5.91 Å². The minimum absolute atomic E-state index is 0.0482. The molecule has 29 heavy (non-hydrogen) atoms. The van der Waals surface area contributed by atoms with Crippen LogP contribution in [0, 0.1) is 6.92 Å². The van der Waals surface area contributed by atoms with Crippen LogP contribution >= 0.6 is 34.5 Å². The lowest BCUT2D eigenvalue weighted by molar-refractivity contribution is -0.117. The second-order valence-corrected chi connectivity index (χ2v) is 8.62. The van der Waals surface area contributed by atoms with E-state index in [1.807, 2.05) is 31.2 Å². The molecule has 1 N–H and O–H groups in total. The Balaban J connectivity index is 1.47. The molecule has 2 aromatic carbocycles. The van der Waals surface area contributed by atoms with Gasteiger partial charge in [0.25, 0.3) is 5.91 Å². The number of nitrogens with zero attached hydrogens (tertiary/aromatic N) is 3. The highest BCUT2D eigenvalue weighted by Crippen LogP contribution is 2.34. The van der Waals surface area contributed by atoms with Gasteiger partial charge in [0.2, 0.25) is 11.0 Å². The topological polar surface area (TPSA) is 75.2 Å². The summed E-state index contributed by atoms with van der Waals surface area (Å²) < 4.78 is 0. The molecule has 1 fully saturated rings. The number of benzene rings is 2. The number of aromatic nitrogens is 2. The monoisotopic (exact) mass is 446 g/mol. The Bertz CT molecular complexity index is 1100. The second kappa shape index (κ2) is 8.10. The molecule has 2 heterocycles. The van der Waals surface area contributed by atoms with Gasteiger partial charge >= 0.3 is 0 Å². The third kappa shape index (κ3) is 4.27. The van der Waals surface area contributed by atoms with Crippen LogP contribution in [-0.4, -0.2) is 28.6 Å². The lowest BCUT2D eigenvalue weighted by Gasteiger charge is -2.16. The third-order valence-electron chi connectivity index (χ3n) is 4.62. The summed E-state index contributed by atoms with van der Waals surface area (Å²) >= 11 is 13.3. The van der Waals surface area contributed by atoms with Crippen LogP contribution in [0.4, 0.5) is 10.8 Å². The number of rotatable bonds is 4. The zero-order valence-electron chi connectivity index (χ0n) is 15.4. The van der Waals surface area contributed by atoms with E-state index in [4.69, 9.17) is 23.2 Å². The van der Waals surface area contributed by atoms with Crippen molar-refractivity contribution in [2.75, 3.05) is 16.8 Å². The van der Waals surface area contributed by atoms with Gasteiger partial charge < -0.3 is 4.90 Å². The van der Waals surface area contributed by atoms with Gasteiger partial charge in [0.1, 0.15) is 5.01 Å². The molecule has 1 saturated heterocycles. The summed E-state index contributed by atoms with van der Waals surface area (Å²) in [6.45, 7) is 2.53. The van der Waals surface area contributed by atoms with Gasteiger partial charge in [-0.15, -0.1) is 10.2 Å². The summed E-state index contributed by atoms with van der Waals surface area (Å²) in [5, 5.41) is 12.7. The summed E-state index contributed by atoms with van der Waals surface area (Å²) in [5.74, 6) is -0.433. The minimum atomic E-state index is -0.413. The smallest absolute Gasteiger partial charge is 0.259 e. The van der Waals surface area contributed by atoms with E-state index in [0.29, 0.717) is 33.2 Å². The molecule has 0 aliphatic carbocycles. The fourth-order valence-electron chi connectivity index (χ4n) is 3.20. The highest BCUT2D eigenvalue weighted by molar-refractivity contribution is 7.15. The van der Waals surface area contributed by atoms with Crippen LogP contribution in [0.25, 0.3) is 0 Å². The van der Waals surface area contributed by atoms with Crippen molar-refractivity contribution < 1.29 is 9.59 Å². The third-order valence-corrected chi connectivity index (χ3v) is 6.19. The maximum Gasteiger partial charge on any atom is 0.259 e. The van der Waals surface area contributed by atoms with Crippen molar-refractivity contribution in [3.05, 3.63) is 68.6 Å². The first kappa shape index (κ1) is 19.8. The molecule has 148 valence electrons. The average molecular weight is 447 g/mol. The molecule has 1 aromatic heterocycles. The van der Waals surface area contributed by atoms with Crippen molar-refractivity contribution in [1.82, 2.24) is 10.2 Å². The number of hydrogen-bond acceptors (Lipinski definition) is 5. The van der Waals surface area contributed by atoms with Gasteiger partial charge in [0, 0.05) is 29.6 Å². The molecule has 1 unspecified atom stereocenters. The van der Waals surface area contributed by atoms with Crippen LogP contribution in [0.1, 0.15) is 33.3 Å². The van der Waals surface area contributed by atoms with Gasteiger partial charge in [-0.3, -0.25) is 14.9 Å². The molecule has 9 heteroatoms. The summed E-state index contributed by atoms with van der Waals surface area (Å²) in [6, 6.07) is 12.5. The van der Waals surface area contributed by atoms with Gasteiger partial charge in [0.15, 0.2) is 0 Å². The quantitative estimate of drug-likeness (QED) is 0.616. The first-order valence-corrected chi connectivity index (χ1v) is 10.4. The first-order chi connectivity index (χ1) is 13.9. The number of nitrogens with one attached hydrogen (secondary N) is 1. The Hall–Kier alpha value is -2.48. The molecule has 6 nitrogen and oxygen atoms in total. The van der Waals surface area contributed by atoms with Crippen LogP contribution in [0.15, 0.2) is 42.5 Å². The predicted molar refractivity (Wildman–Crippen MR) is 115 cm³/mol. The lowest BCUT2D eigenvalue weighted by Crippen LogP contribution is -2.24. The fraction of sp³-hybridized carbons (Fsp3) is 0.200. The summed E-state index contributed by atoms with van der Waals surface area (Å²) in [5.41, 5.74) is 2.24. The van der Waals surface area contributed by atoms with Crippen LogP contribution in [0.2, 0.25) is 10.0 Å². The van der Waals surface area contributed by atoms with E-state index >= 15 is 0 Å². The van der Waals surface area contributed by atoms with Gasteiger partial charge in [0.05, 0.1) is 10.6 Å². The number of carbonyl (C=O) groups is 2. The van der Waals surface area contributed by atoms with Crippen molar-refractivity contribution in [3.63, 3.8) is 0 Å². The largest absolute Gasteiger partial charge is 0.312 e. The second-order valence-electron chi connectivity index (χ2n) is 6.77. The van der Waals surface area contributed by atoms with E-state index in [9.17, 15) is 9.59 Å². The standard InChI is InChI=1S/C20H16Cl2N4O2S/c1-11-3-2-4-14(7-11)26-10-12(8-17(26)27)19-24-25-20(29-19)23-18(28)15-9-13(21)5-6-16(15)22/h2-7,9,12H,8,10H2,1H3,(H,23,25,28). The molecule has 1 aliphatic rings. The average Bonchev–Trinajstić information content (AvgIpc) is 3.30. The number of aryl methyl sites for hydroxylation is 1. The van der Waals surface area contributed by atoms with Gasteiger partial charge in [-0.05, 0) is 42.8 Å². The molecular formula is C20H16Cl2N4O2S. The molecule has 4 rings (SSSR count). The Morgan fingerprint density at radius 3 is 2.83 bits per heavy atom. The van der Waals surface area contributed by atoms with E-state index in [-0.39, 0.29) is 17.4 Å². The van der Waals surface area contributed by atoms with Crippen LogP contribution in [0.3, 0.4) is 0 Å². The molecule has 0 radical (unpaired) electrons. The molecular weight excluding hydrogens is 431 g/mol. The highest BCUT2D eigenvalue weighted by atomic mass is 35.5. The number of anilines is 2. The van der Waals surface area contributed by atoms with Gasteiger partial charge in [-0.2, -0.15) is 0 Å². The normalized spacial score (nSPS) is 16.3. The number of carbonyl (C=O) groups excluding carboxylic acids is 2. The minimum Gasteiger partial charge on any atom is -0.312 e. The number of hydrogen-bond donors (Lipinski definition) is 1. The van der Waals surface area contributed by atoms with Crippen LogP contribution in [0.5, 0.6) is 0 Å². The molecule has 2 amide bonds. The number of amides is 2. The lowest BCUT2D eigenvalue weighted by atomic mass is 10.1.